The van der Waals surface area contributed by atoms with Gasteiger partial charge in [0.1, 0.15) is 12.2 Å². The normalized spacial score (nSPS) is 21.8. The smallest absolute Gasteiger partial charge is 0.247 e. The molecular formula is C28H39IN2O7. The summed E-state index contributed by atoms with van der Waals surface area (Å²) in [6.45, 7) is 3.46. The lowest BCUT2D eigenvalue weighted by molar-refractivity contribution is -0.143. The SMILES string of the molecule is C=CCCC(=O)N(C1CCCCC1)[C@@H]1CC(C(=O)NCCO)=C[C@H](Oc2c(I)cc(CO)cc2OC)[C@H]1O. The Morgan fingerprint density at radius 1 is 1.24 bits per heavy atom. The van der Waals surface area contributed by atoms with Crippen molar-refractivity contribution < 1.29 is 34.4 Å². The van der Waals surface area contributed by atoms with Gasteiger partial charge in [-0.2, -0.15) is 0 Å². The van der Waals surface area contributed by atoms with E-state index in [4.69, 9.17) is 9.47 Å². The van der Waals surface area contributed by atoms with Crippen LogP contribution in [-0.4, -0.2) is 76.6 Å². The fourth-order valence-electron chi connectivity index (χ4n) is 5.24. The van der Waals surface area contributed by atoms with Crippen molar-refractivity contribution in [2.45, 2.75) is 82.3 Å². The number of rotatable bonds is 12. The molecule has 2 amide bonds. The van der Waals surface area contributed by atoms with Gasteiger partial charge in [-0.1, -0.05) is 25.3 Å². The Labute approximate surface area is 238 Å². The molecule has 9 nitrogen and oxygen atoms in total. The van der Waals surface area contributed by atoms with E-state index in [0.29, 0.717) is 32.6 Å². The highest BCUT2D eigenvalue weighted by molar-refractivity contribution is 14.1. The summed E-state index contributed by atoms with van der Waals surface area (Å²) in [6, 6.07) is 2.73. The number of allylic oxidation sites excluding steroid dienone is 1. The number of benzene rings is 1. The molecular weight excluding hydrogens is 603 g/mol. The molecule has 1 saturated carbocycles. The Hall–Kier alpha value is -2.15. The molecule has 38 heavy (non-hydrogen) atoms. The standard InChI is InChI=1S/C28H39IN2O7/c1-3-4-10-25(34)31(20-8-6-5-7-9-20)22-15-19(28(36)30-11-12-32)16-23(26(22)35)38-27-21(29)13-18(17-33)14-24(27)37-2/h3,13-14,16,20,22-23,26,32-33,35H,1,4-12,15,17H2,2H3,(H,30,36)/t22-,23+,26+/m1/s1. The Morgan fingerprint density at radius 2 is 1.97 bits per heavy atom. The molecule has 4 N–H and O–H groups in total. The average Bonchev–Trinajstić information content (AvgIpc) is 2.93. The maximum absolute atomic E-state index is 13.5. The molecule has 3 atom stereocenters. The number of hydrogen-bond acceptors (Lipinski definition) is 7. The second-order valence-corrected chi connectivity index (χ2v) is 10.9. The quantitative estimate of drug-likeness (QED) is 0.204. The molecule has 0 saturated heterocycles. The van der Waals surface area contributed by atoms with E-state index in [-0.39, 0.29) is 50.5 Å². The lowest BCUT2D eigenvalue weighted by Gasteiger charge is -2.45. The first-order valence-electron chi connectivity index (χ1n) is 13.2. The molecule has 0 bridgehead atoms. The summed E-state index contributed by atoms with van der Waals surface area (Å²) < 4.78 is 12.5. The van der Waals surface area contributed by atoms with Crippen molar-refractivity contribution >= 4 is 34.4 Å². The number of carbonyl (C=O) groups excluding carboxylic acids is 2. The van der Waals surface area contributed by atoms with Crippen LogP contribution in [0.2, 0.25) is 0 Å². The maximum Gasteiger partial charge on any atom is 0.247 e. The molecule has 0 spiro atoms. The molecule has 0 aromatic heterocycles. The highest BCUT2D eigenvalue weighted by Crippen LogP contribution is 2.38. The van der Waals surface area contributed by atoms with Gasteiger partial charge in [-0.05, 0) is 65.6 Å². The topological polar surface area (TPSA) is 129 Å². The molecule has 1 aromatic rings. The molecule has 2 aliphatic carbocycles. The van der Waals surface area contributed by atoms with Crippen LogP contribution in [-0.2, 0) is 16.2 Å². The summed E-state index contributed by atoms with van der Waals surface area (Å²) in [4.78, 5) is 28.3. The van der Waals surface area contributed by atoms with Crippen LogP contribution in [0.15, 0.2) is 36.4 Å². The van der Waals surface area contributed by atoms with Crippen LogP contribution >= 0.6 is 22.6 Å². The second kappa shape index (κ2) is 14.9. The molecule has 210 valence electrons. The number of nitrogens with one attached hydrogen (secondary N) is 1. The zero-order chi connectivity index (χ0) is 27.7. The van der Waals surface area contributed by atoms with Gasteiger partial charge in [0, 0.05) is 31.0 Å². The third-order valence-electron chi connectivity index (χ3n) is 7.12. The molecule has 1 fully saturated rings. The lowest BCUT2D eigenvalue weighted by atomic mass is 9.85. The van der Waals surface area contributed by atoms with E-state index < -0.39 is 18.2 Å². The van der Waals surface area contributed by atoms with Crippen molar-refractivity contribution in [2.24, 2.45) is 0 Å². The number of nitrogens with zero attached hydrogens (tertiary/aromatic N) is 1. The number of aliphatic hydroxyl groups excluding tert-OH is 3. The first-order valence-corrected chi connectivity index (χ1v) is 14.3. The van der Waals surface area contributed by atoms with E-state index in [9.17, 15) is 24.9 Å². The Morgan fingerprint density at radius 3 is 2.61 bits per heavy atom. The molecule has 0 aliphatic heterocycles. The number of halogens is 1. The second-order valence-electron chi connectivity index (χ2n) is 9.70. The first-order chi connectivity index (χ1) is 18.3. The maximum atomic E-state index is 13.5. The van der Waals surface area contributed by atoms with Crippen LogP contribution in [0.25, 0.3) is 0 Å². The van der Waals surface area contributed by atoms with Gasteiger partial charge in [-0.3, -0.25) is 9.59 Å². The first kappa shape index (κ1) is 30.4. The molecule has 0 heterocycles. The van der Waals surface area contributed by atoms with Crippen LogP contribution in [0.4, 0.5) is 0 Å². The average molecular weight is 643 g/mol. The van der Waals surface area contributed by atoms with E-state index in [1.807, 2.05) is 0 Å². The van der Waals surface area contributed by atoms with Crippen molar-refractivity contribution in [1.82, 2.24) is 10.2 Å². The summed E-state index contributed by atoms with van der Waals surface area (Å²) in [6.07, 6.45) is 7.05. The zero-order valence-electron chi connectivity index (χ0n) is 21.9. The zero-order valence-corrected chi connectivity index (χ0v) is 24.1. The number of aliphatic hydroxyl groups is 3. The highest BCUT2D eigenvalue weighted by Gasteiger charge is 2.43. The number of hydrogen-bond donors (Lipinski definition) is 4. The predicted molar refractivity (Wildman–Crippen MR) is 152 cm³/mol. The Kier molecular flexibility index (Phi) is 11.9. The number of ether oxygens (including phenoxy) is 2. The van der Waals surface area contributed by atoms with Gasteiger partial charge in [0.15, 0.2) is 11.5 Å². The van der Waals surface area contributed by atoms with Crippen molar-refractivity contribution in [3.8, 4) is 11.5 Å². The van der Waals surface area contributed by atoms with Crippen molar-refractivity contribution in [3.05, 3.63) is 45.6 Å². The van der Waals surface area contributed by atoms with Gasteiger partial charge in [-0.15, -0.1) is 6.58 Å². The van der Waals surface area contributed by atoms with Gasteiger partial charge >= 0.3 is 0 Å². The Balaban J connectivity index is 2.01. The number of amides is 2. The predicted octanol–water partition coefficient (Wildman–Crippen LogP) is 2.84. The van der Waals surface area contributed by atoms with E-state index in [1.165, 1.54) is 7.11 Å². The summed E-state index contributed by atoms with van der Waals surface area (Å²) >= 11 is 2.08. The molecule has 10 heteroatoms. The third kappa shape index (κ3) is 7.49. The monoisotopic (exact) mass is 642 g/mol. The minimum absolute atomic E-state index is 0.0280. The minimum Gasteiger partial charge on any atom is -0.493 e. The highest BCUT2D eigenvalue weighted by atomic mass is 127. The van der Waals surface area contributed by atoms with E-state index >= 15 is 0 Å². The minimum atomic E-state index is -1.10. The van der Waals surface area contributed by atoms with E-state index in [2.05, 4.69) is 34.5 Å². The number of carbonyl (C=O) groups is 2. The summed E-state index contributed by atoms with van der Waals surface area (Å²) in [5.41, 5.74) is 1.04. The fraction of sp³-hybridized carbons (Fsp3) is 0.571. The molecule has 1 aromatic carbocycles. The number of methoxy groups -OCH3 is 1. The molecule has 3 rings (SSSR count). The summed E-state index contributed by atoms with van der Waals surface area (Å²) in [7, 11) is 1.49. The van der Waals surface area contributed by atoms with Crippen LogP contribution in [0.1, 0.15) is 56.9 Å². The van der Waals surface area contributed by atoms with Gasteiger partial charge in [0.2, 0.25) is 11.8 Å². The van der Waals surface area contributed by atoms with Gasteiger partial charge in [0.25, 0.3) is 0 Å². The van der Waals surface area contributed by atoms with Crippen LogP contribution in [0, 0.1) is 3.57 Å². The van der Waals surface area contributed by atoms with Crippen molar-refractivity contribution in [2.75, 3.05) is 20.3 Å². The molecule has 2 aliphatic rings. The largest absolute Gasteiger partial charge is 0.493 e. The van der Waals surface area contributed by atoms with Gasteiger partial charge < -0.3 is 35.0 Å². The van der Waals surface area contributed by atoms with Crippen LogP contribution in [0.5, 0.6) is 11.5 Å². The van der Waals surface area contributed by atoms with Gasteiger partial charge in [-0.25, -0.2) is 0 Å². The Bertz CT molecular complexity index is 1010. The van der Waals surface area contributed by atoms with E-state index in [1.54, 1.807) is 29.2 Å². The molecule has 0 radical (unpaired) electrons. The van der Waals surface area contributed by atoms with Crippen LogP contribution in [0.3, 0.4) is 0 Å². The van der Waals surface area contributed by atoms with Crippen molar-refractivity contribution in [3.63, 3.8) is 0 Å². The van der Waals surface area contributed by atoms with E-state index in [0.717, 1.165) is 32.1 Å². The summed E-state index contributed by atoms with van der Waals surface area (Å²) in [5, 5.41) is 33.1. The molecule has 0 unspecified atom stereocenters. The van der Waals surface area contributed by atoms with Crippen molar-refractivity contribution in [1.29, 1.82) is 0 Å². The fourth-order valence-corrected chi connectivity index (χ4v) is 6.03. The summed E-state index contributed by atoms with van der Waals surface area (Å²) in [5.74, 6) is 0.324. The third-order valence-corrected chi connectivity index (χ3v) is 7.92. The lowest BCUT2D eigenvalue weighted by Crippen LogP contribution is -2.58. The van der Waals surface area contributed by atoms with Crippen LogP contribution < -0.4 is 14.8 Å². The van der Waals surface area contributed by atoms with Gasteiger partial charge in [0.05, 0.1) is 29.9 Å².